The van der Waals surface area contributed by atoms with Gasteiger partial charge < -0.3 is 13.3 Å². The molecule has 8 heteroatoms. The van der Waals surface area contributed by atoms with E-state index >= 15 is 0 Å². The minimum Gasteiger partial charge on any atom is -0.373 e. The molecule has 47 heavy (non-hydrogen) atoms. The fourth-order valence-corrected chi connectivity index (χ4v) is 9.53. The van der Waals surface area contributed by atoms with Gasteiger partial charge in [0.05, 0.1) is 0 Å². The van der Waals surface area contributed by atoms with Gasteiger partial charge in [-0.25, -0.2) is 0 Å². The fraction of sp³-hybridized carbons (Fsp3) is 0.949. The van der Waals surface area contributed by atoms with Crippen molar-refractivity contribution in [3.63, 3.8) is 0 Å². The predicted molar refractivity (Wildman–Crippen MR) is 206 cm³/mol. The summed E-state index contributed by atoms with van der Waals surface area (Å²) in [5, 5.41) is -0.289. The smallest absolute Gasteiger partial charge is 0.373 e. The maximum absolute atomic E-state index is 12.6. The van der Waals surface area contributed by atoms with Gasteiger partial charge in [-0.3, -0.25) is 14.5 Å². The van der Waals surface area contributed by atoms with Gasteiger partial charge in [0.15, 0.2) is 0 Å². The van der Waals surface area contributed by atoms with Crippen LogP contribution in [0.3, 0.4) is 0 Å². The lowest BCUT2D eigenvalue weighted by atomic mass is 10.1. The molecule has 0 aliphatic carbocycles. The molecule has 6 nitrogen and oxygen atoms in total. The summed E-state index contributed by atoms with van der Waals surface area (Å²) in [6, 6.07) is 0.672. The Morgan fingerprint density at radius 3 is 1.36 bits per heavy atom. The highest BCUT2D eigenvalue weighted by Gasteiger charge is 2.42. The van der Waals surface area contributed by atoms with Crippen LogP contribution in [-0.2, 0) is 22.9 Å². The van der Waals surface area contributed by atoms with Gasteiger partial charge in [-0.1, -0.05) is 167 Å². The van der Waals surface area contributed by atoms with E-state index in [0.29, 0.717) is 31.4 Å². The molecule has 0 bridgehead atoms. The van der Waals surface area contributed by atoms with Gasteiger partial charge in [-0.15, -0.1) is 0 Å². The summed E-state index contributed by atoms with van der Waals surface area (Å²) >= 11 is 1.17. The zero-order valence-corrected chi connectivity index (χ0v) is 34.0. The first kappa shape index (κ1) is 46.7. The molecule has 0 heterocycles. The van der Waals surface area contributed by atoms with Gasteiger partial charge in [0.1, 0.15) is 6.23 Å². The summed E-state index contributed by atoms with van der Waals surface area (Å²) in [7, 11) is 1.06. The van der Waals surface area contributed by atoms with Gasteiger partial charge in [0, 0.05) is 31.4 Å². The largest absolute Gasteiger partial charge is 0.502 e. The molecule has 0 aromatic carbocycles. The zero-order valence-electron chi connectivity index (χ0n) is 32.2. The summed E-state index contributed by atoms with van der Waals surface area (Å²) in [6.07, 6.45) is 30.5. The molecule has 0 fully saturated rings. The molecule has 0 saturated heterocycles. The molecule has 0 aromatic heterocycles. The SMILES string of the molecule is CCCCCCCCCCO[Si](CCCSC(=O)C(=O)CCCCCCCCCC)(OCCCCCCCCCC)OC(C)N(C)C. The molecular weight excluding hydrogens is 623 g/mol. The number of carbonyl (C=O) groups excluding carboxylic acids is 2. The molecule has 0 aromatic rings. The molecule has 0 saturated carbocycles. The average molecular weight is 702 g/mol. The van der Waals surface area contributed by atoms with Crippen molar-refractivity contribution in [1.82, 2.24) is 4.90 Å². The molecule has 280 valence electrons. The van der Waals surface area contributed by atoms with Crippen molar-refractivity contribution in [2.75, 3.05) is 33.1 Å². The van der Waals surface area contributed by atoms with E-state index in [0.717, 1.165) is 38.5 Å². The molecule has 0 aliphatic rings. The van der Waals surface area contributed by atoms with E-state index in [1.54, 1.807) is 0 Å². The van der Waals surface area contributed by atoms with Crippen molar-refractivity contribution in [2.24, 2.45) is 0 Å². The minimum absolute atomic E-state index is 0.124. The highest BCUT2D eigenvalue weighted by Crippen LogP contribution is 2.24. The Labute approximate surface area is 298 Å². The molecule has 0 spiro atoms. The number of rotatable bonds is 37. The van der Waals surface area contributed by atoms with E-state index in [1.807, 2.05) is 14.1 Å². The maximum atomic E-state index is 12.6. The third-order valence-corrected chi connectivity index (χ3v) is 13.0. The average Bonchev–Trinajstić information content (AvgIpc) is 3.06. The standard InChI is InChI=1S/C39H79NO5SSi/c1-7-10-13-16-19-22-25-28-32-38(41)39(42)46-35-31-36-47(45-37(4)40(5)6,43-33-29-26-23-20-17-14-11-8-2)44-34-30-27-24-21-18-15-12-9-3/h37H,7-36H2,1-6H3. The van der Waals surface area contributed by atoms with Crippen molar-refractivity contribution in [2.45, 2.75) is 207 Å². The number of hydrogen-bond donors (Lipinski definition) is 0. The Morgan fingerprint density at radius 2 is 0.957 bits per heavy atom. The van der Waals surface area contributed by atoms with Gasteiger partial charge in [0.25, 0.3) is 5.12 Å². The van der Waals surface area contributed by atoms with Crippen LogP contribution in [0.15, 0.2) is 0 Å². The Morgan fingerprint density at radius 1 is 0.574 bits per heavy atom. The second-order valence-corrected chi connectivity index (χ2v) is 17.6. The van der Waals surface area contributed by atoms with E-state index in [-0.39, 0.29) is 17.1 Å². The Hall–Kier alpha value is -0.253. The monoisotopic (exact) mass is 702 g/mol. The van der Waals surface area contributed by atoms with Gasteiger partial charge in [-0.05, 0) is 46.7 Å². The van der Waals surface area contributed by atoms with Crippen LogP contribution >= 0.6 is 11.8 Å². The molecule has 1 atom stereocenters. The lowest BCUT2D eigenvalue weighted by Crippen LogP contribution is -2.51. The van der Waals surface area contributed by atoms with Crippen LogP contribution in [0.5, 0.6) is 0 Å². The highest BCUT2D eigenvalue weighted by molar-refractivity contribution is 8.15. The van der Waals surface area contributed by atoms with Crippen molar-refractivity contribution < 1.29 is 22.9 Å². The number of thioether (sulfide) groups is 1. The summed E-state index contributed by atoms with van der Waals surface area (Å²) < 4.78 is 19.9. The molecule has 1 unspecified atom stereocenters. The third kappa shape index (κ3) is 29.2. The number of carbonyl (C=O) groups is 2. The fourth-order valence-electron chi connectivity index (χ4n) is 5.66. The second kappa shape index (κ2) is 34.2. The number of unbranched alkanes of at least 4 members (excludes halogenated alkanes) is 21. The van der Waals surface area contributed by atoms with Crippen LogP contribution in [0, 0.1) is 0 Å². The number of nitrogens with zero attached hydrogens (tertiary/aromatic N) is 1. The predicted octanol–water partition coefficient (Wildman–Crippen LogP) is 11.9. The summed E-state index contributed by atoms with van der Waals surface area (Å²) in [6.45, 7) is 10.1. The number of ketones is 1. The van der Waals surface area contributed by atoms with E-state index < -0.39 is 8.80 Å². The highest BCUT2D eigenvalue weighted by atomic mass is 32.2. The summed E-state index contributed by atoms with van der Waals surface area (Å²) in [5.41, 5.74) is 0. The van der Waals surface area contributed by atoms with Gasteiger partial charge in [0.2, 0.25) is 5.78 Å². The molecular formula is C39H79NO5SSi. The number of Topliss-reactive ketones (excluding diaryl/α,β-unsaturated/α-hetero) is 1. The van der Waals surface area contributed by atoms with Crippen LogP contribution in [0.25, 0.3) is 0 Å². The van der Waals surface area contributed by atoms with E-state index in [4.69, 9.17) is 13.3 Å². The molecule has 0 aliphatic heterocycles. The van der Waals surface area contributed by atoms with Crippen molar-refractivity contribution in [3.8, 4) is 0 Å². The summed E-state index contributed by atoms with van der Waals surface area (Å²) in [4.78, 5) is 27.2. The molecule has 0 radical (unpaired) electrons. The molecule has 0 N–H and O–H groups in total. The molecule has 0 rings (SSSR count). The van der Waals surface area contributed by atoms with Gasteiger partial charge >= 0.3 is 8.80 Å². The number of hydrogen-bond acceptors (Lipinski definition) is 7. The Bertz CT molecular complexity index is 689. The van der Waals surface area contributed by atoms with Crippen molar-refractivity contribution >= 4 is 31.5 Å². The van der Waals surface area contributed by atoms with Crippen LogP contribution < -0.4 is 0 Å². The van der Waals surface area contributed by atoms with Crippen LogP contribution in [0.2, 0.25) is 6.04 Å². The van der Waals surface area contributed by atoms with Crippen LogP contribution in [0.1, 0.15) is 195 Å². The summed E-state index contributed by atoms with van der Waals surface area (Å²) in [5.74, 6) is 0.373. The van der Waals surface area contributed by atoms with E-state index in [2.05, 4.69) is 32.6 Å². The maximum Gasteiger partial charge on any atom is 0.502 e. The lowest BCUT2D eigenvalue weighted by Gasteiger charge is -2.34. The van der Waals surface area contributed by atoms with E-state index in [1.165, 1.54) is 134 Å². The minimum atomic E-state index is -2.99. The Kier molecular flexibility index (Phi) is 34.0. The van der Waals surface area contributed by atoms with Crippen molar-refractivity contribution in [1.29, 1.82) is 0 Å². The van der Waals surface area contributed by atoms with Gasteiger partial charge in [-0.2, -0.15) is 0 Å². The van der Waals surface area contributed by atoms with E-state index in [9.17, 15) is 9.59 Å². The first-order valence-corrected chi connectivity index (χ1v) is 23.1. The van der Waals surface area contributed by atoms with Crippen molar-refractivity contribution in [3.05, 3.63) is 0 Å². The first-order chi connectivity index (χ1) is 22.8. The van der Waals surface area contributed by atoms with Crippen LogP contribution in [0.4, 0.5) is 0 Å². The third-order valence-electron chi connectivity index (χ3n) is 9.06. The second-order valence-electron chi connectivity index (χ2n) is 13.9. The Balaban J connectivity index is 4.92. The zero-order chi connectivity index (χ0) is 34.9. The quantitative estimate of drug-likeness (QED) is 0.0276. The normalized spacial score (nSPS) is 12.7. The lowest BCUT2D eigenvalue weighted by molar-refractivity contribution is -0.131. The molecule has 0 amide bonds. The first-order valence-electron chi connectivity index (χ1n) is 20.1. The van der Waals surface area contributed by atoms with Crippen LogP contribution in [-0.4, -0.2) is 63.9 Å². The topological polar surface area (TPSA) is 65.1 Å².